The molecule has 4 heteroatoms. The topological polar surface area (TPSA) is 32.8 Å². The van der Waals surface area contributed by atoms with Crippen LogP contribution in [0.25, 0.3) is 0 Å². The van der Waals surface area contributed by atoms with Crippen molar-refractivity contribution in [2.75, 3.05) is 36.0 Å². The van der Waals surface area contributed by atoms with Crippen LogP contribution in [-0.2, 0) is 15.8 Å². The van der Waals surface area contributed by atoms with E-state index in [1.807, 2.05) is 18.2 Å². The number of esters is 1. The van der Waals surface area contributed by atoms with Gasteiger partial charge in [-0.25, -0.2) is 4.79 Å². The van der Waals surface area contributed by atoms with Gasteiger partial charge in [-0.1, -0.05) is 42.5 Å². The van der Waals surface area contributed by atoms with E-state index in [0.29, 0.717) is 5.56 Å². The van der Waals surface area contributed by atoms with Gasteiger partial charge in [0.05, 0.1) is 11.0 Å². The molecule has 5 rings (SSSR count). The Morgan fingerprint density at radius 2 is 1.59 bits per heavy atom. The van der Waals surface area contributed by atoms with Crippen molar-refractivity contribution in [3.63, 3.8) is 0 Å². The normalized spacial score (nSPS) is 23.0. The Morgan fingerprint density at radius 1 is 0.912 bits per heavy atom. The third-order valence-electron chi connectivity index (χ3n) is 7.99. The molecule has 0 N–H and O–H groups in total. The van der Waals surface area contributed by atoms with Gasteiger partial charge in [0.15, 0.2) is 5.60 Å². The van der Waals surface area contributed by atoms with E-state index in [2.05, 4.69) is 92.9 Å². The SMILES string of the molecule is CCN(CC)c1ccc(C2(C3(C)CN(CC)c4ccccc43)OC(=O)c3ccccc32)c(C)c1. The highest BCUT2D eigenvalue weighted by Gasteiger charge is 2.63. The minimum absolute atomic E-state index is 0.239. The van der Waals surface area contributed by atoms with E-state index in [1.165, 1.54) is 16.9 Å². The lowest BCUT2D eigenvalue weighted by molar-refractivity contribution is -0.0235. The second-order valence-electron chi connectivity index (χ2n) is 9.65. The highest BCUT2D eigenvalue weighted by atomic mass is 16.6. The standard InChI is InChI=1S/C30H34N2O2/c1-6-31(7-2)22-17-18-24(21(4)19-22)30(25-14-10-9-13-23(25)28(33)34-30)29(5)20-32(8-3)27-16-12-11-15-26(27)29/h9-19H,6-8,20H2,1-5H3. The summed E-state index contributed by atoms with van der Waals surface area (Å²) in [5.74, 6) is -0.239. The molecule has 3 aromatic carbocycles. The molecule has 176 valence electrons. The van der Waals surface area contributed by atoms with Gasteiger partial charge in [-0.05, 0) is 70.0 Å². The van der Waals surface area contributed by atoms with Crippen molar-refractivity contribution >= 4 is 17.3 Å². The number of ether oxygens (including phenoxy) is 1. The molecule has 0 aliphatic carbocycles. The van der Waals surface area contributed by atoms with Gasteiger partial charge in [0.25, 0.3) is 0 Å². The van der Waals surface area contributed by atoms with Gasteiger partial charge in [0, 0.05) is 48.7 Å². The molecule has 34 heavy (non-hydrogen) atoms. The molecule has 0 saturated heterocycles. The molecule has 0 amide bonds. The number of carbonyl (C=O) groups is 1. The summed E-state index contributed by atoms with van der Waals surface area (Å²) >= 11 is 0. The van der Waals surface area contributed by atoms with E-state index >= 15 is 0 Å². The van der Waals surface area contributed by atoms with Crippen molar-refractivity contribution in [2.24, 2.45) is 0 Å². The molecule has 3 aromatic rings. The van der Waals surface area contributed by atoms with Gasteiger partial charge in [0.1, 0.15) is 0 Å². The molecule has 0 spiro atoms. The number of anilines is 2. The first-order chi connectivity index (χ1) is 16.4. The number of nitrogens with zero attached hydrogens (tertiary/aromatic N) is 2. The lowest BCUT2D eigenvalue weighted by atomic mass is 9.62. The molecule has 0 radical (unpaired) electrons. The molecule has 2 aliphatic heterocycles. The number of hydrogen-bond acceptors (Lipinski definition) is 4. The average Bonchev–Trinajstić information content (AvgIpc) is 3.33. The zero-order valence-electron chi connectivity index (χ0n) is 20.9. The van der Waals surface area contributed by atoms with Crippen molar-refractivity contribution in [1.82, 2.24) is 0 Å². The molecule has 0 fully saturated rings. The number of cyclic esters (lactones) is 1. The molecule has 2 unspecified atom stereocenters. The van der Waals surface area contributed by atoms with E-state index in [9.17, 15) is 4.79 Å². The monoisotopic (exact) mass is 454 g/mol. The van der Waals surface area contributed by atoms with Crippen LogP contribution in [0, 0.1) is 6.92 Å². The predicted octanol–water partition coefficient (Wildman–Crippen LogP) is 6.05. The Bertz CT molecular complexity index is 1250. The van der Waals surface area contributed by atoms with Crippen LogP contribution in [-0.4, -0.2) is 32.1 Å². The fraction of sp³-hybridized carbons (Fsp3) is 0.367. The lowest BCUT2D eigenvalue weighted by Gasteiger charge is -2.45. The summed E-state index contributed by atoms with van der Waals surface area (Å²) < 4.78 is 6.60. The lowest BCUT2D eigenvalue weighted by Crippen LogP contribution is -2.51. The van der Waals surface area contributed by atoms with Crippen molar-refractivity contribution in [1.29, 1.82) is 0 Å². The summed E-state index contributed by atoms with van der Waals surface area (Å²) in [4.78, 5) is 18.1. The number of para-hydroxylation sites is 1. The summed E-state index contributed by atoms with van der Waals surface area (Å²) in [5.41, 5.74) is 6.14. The van der Waals surface area contributed by atoms with Gasteiger partial charge >= 0.3 is 5.97 Å². The molecular formula is C30H34N2O2. The zero-order valence-corrected chi connectivity index (χ0v) is 20.9. The minimum atomic E-state index is -0.910. The van der Waals surface area contributed by atoms with Crippen molar-refractivity contribution in [2.45, 2.75) is 45.6 Å². The van der Waals surface area contributed by atoms with Crippen LogP contribution in [0.15, 0.2) is 66.7 Å². The van der Waals surface area contributed by atoms with Gasteiger partial charge in [-0.3, -0.25) is 0 Å². The predicted molar refractivity (Wildman–Crippen MR) is 139 cm³/mol. The molecule has 0 bridgehead atoms. The number of fused-ring (bicyclic) bond motifs is 2. The highest BCUT2D eigenvalue weighted by molar-refractivity contribution is 5.96. The molecular weight excluding hydrogens is 420 g/mol. The largest absolute Gasteiger partial charge is 0.445 e. The quantitative estimate of drug-likeness (QED) is 0.424. The fourth-order valence-electron chi connectivity index (χ4n) is 6.30. The van der Waals surface area contributed by atoms with Crippen molar-refractivity contribution in [3.05, 3.63) is 94.5 Å². The highest BCUT2D eigenvalue weighted by Crippen LogP contribution is 2.59. The van der Waals surface area contributed by atoms with E-state index in [0.717, 1.165) is 42.9 Å². The van der Waals surface area contributed by atoms with E-state index in [4.69, 9.17) is 4.74 Å². The molecule has 2 atom stereocenters. The summed E-state index contributed by atoms with van der Waals surface area (Å²) in [6.45, 7) is 14.6. The Balaban J connectivity index is 1.80. The fourth-order valence-corrected chi connectivity index (χ4v) is 6.30. The Morgan fingerprint density at radius 3 is 2.26 bits per heavy atom. The second kappa shape index (κ2) is 8.19. The second-order valence-corrected chi connectivity index (χ2v) is 9.65. The number of aryl methyl sites for hydroxylation is 1. The first-order valence-corrected chi connectivity index (χ1v) is 12.4. The summed E-state index contributed by atoms with van der Waals surface area (Å²) in [6.07, 6.45) is 0. The summed E-state index contributed by atoms with van der Waals surface area (Å²) in [7, 11) is 0. The Kier molecular flexibility index (Phi) is 5.43. The number of carbonyl (C=O) groups excluding carboxylic acids is 1. The van der Waals surface area contributed by atoms with E-state index < -0.39 is 11.0 Å². The number of rotatable bonds is 6. The van der Waals surface area contributed by atoms with Crippen LogP contribution in [0.3, 0.4) is 0 Å². The number of hydrogen-bond donors (Lipinski definition) is 0. The molecule has 0 saturated carbocycles. The van der Waals surface area contributed by atoms with E-state index in [-0.39, 0.29) is 5.97 Å². The van der Waals surface area contributed by atoms with Crippen LogP contribution in [0.2, 0.25) is 0 Å². The maximum absolute atomic E-state index is 13.4. The average molecular weight is 455 g/mol. The van der Waals surface area contributed by atoms with Crippen LogP contribution in [0.1, 0.15) is 60.3 Å². The van der Waals surface area contributed by atoms with Crippen molar-refractivity contribution in [3.8, 4) is 0 Å². The summed E-state index contributed by atoms with van der Waals surface area (Å²) in [6, 6.07) is 23.2. The molecule has 2 aliphatic rings. The summed E-state index contributed by atoms with van der Waals surface area (Å²) in [5, 5.41) is 0. The van der Waals surface area contributed by atoms with Gasteiger partial charge < -0.3 is 14.5 Å². The smallest absolute Gasteiger partial charge is 0.339 e. The third-order valence-corrected chi connectivity index (χ3v) is 7.99. The van der Waals surface area contributed by atoms with Gasteiger partial charge in [-0.15, -0.1) is 0 Å². The maximum Gasteiger partial charge on any atom is 0.339 e. The van der Waals surface area contributed by atoms with Crippen LogP contribution >= 0.6 is 0 Å². The van der Waals surface area contributed by atoms with Crippen LogP contribution in [0.5, 0.6) is 0 Å². The first kappa shape index (κ1) is 22.5. The third kappa shape index (κ3) is 2.94. The molecule has 4 nitrogen and oxygen atoms in total. The van der Waals surface area contributed by atoms with Gasteiger partial charge in [-0.2, -0.15) is 0 Å². The number of benzene rings is 3. The Hall–Kier alpha value is -3.27. The van der Waals surface area contributed by atoms with Crippen molar-refractivity contribution < 1.29 is 9.53 Å². The van der Waals surface area contributed by atoms with Gasteiger partial charge in [0.2, 0.25) is 0 Å². The van der Waals surface area contributed by atoms with Crippen LogP contribution < -0.4 is 9.80 Å². The first-order valence-electron chi connectivity index (χ1n) is 12.4. The zero-order chi connectivity index (χ0) is 24.1. The van der Waals surface area contributed by atoms with Crippen LogP contribution in [0.4, 0.5) is 11.4 Å². The van der Waals surface area contributed by atoms with E-state index in [1.54, 1.807) is 0 Å². The Labute approximate surface area is 203 Å². The molecule has 2 heterocycles. The number of likely N-dealkylation sites (N-methyl/N-ethyl adjacent to an activating group) is 1. The molecule has 0 aromatic heterocycles. The maximum atomic E-state index is 13.4. The minimum Gasteiger partial charge on any atom is -0.445 e.